The number of aromatic nitrogens is 1. The zero-order chi connectivity index (χ0) is 18.5. The maximum atomic E-state index is 12.3. The molecule has 0 unspecified atom stereocenters. The minimum absolute atomic E-state index is 0.0691. The molecule has 1 amide bonds. The Morgan fingerprint density at radius 1 is 1.12 bits per heavy atom. The van der Waals surface area contributed by atoms with Crippen LogP contribution in [0, 0.1) is 0 Å². The molecular weight excluding hydrogens is 332 g/mol. The number of hydrogen-bond acceptors (Lipinski definition) is 5. The lowest BCUT2D eigenvalue weighted by Crippen LogP contribution is -2.12. The van der Waals surface area contributed by atoms with Crippen LogP contribution in [0.25, 0.3) is 11.3 Å². The maximum absolute atomic E-state index is 12.3. The molecule has 132 valence electrons. The number of ketones is 1. The first-order valence-electron chi connectivity index (χ1n) is 8.19. The Kier molecular flexibility index (Phi) is 5.12. The summed E-state index contributed by atoms with van der Waals surface area (Å²) in [4.78, 5) is 23.8. The summed E-state index contributed by atoms with van der Waals surface area (Å²) < 4.78 is 10.7. The predicted molar refractivity (Wildman–Crippen MR) is 97.5 cm³/mol. The van der Waals surface area contributed by atoms with E-state index in [1.54, 1.807) is 30.3 Å². The van der Waals surface area contributed by atoms with E-state index in [1.807, 2.05) is 31.2 Å². The summed E-state index contributed by atoms with van der Waals surface area (Å²) in [5.74, 6) is 0.765. The van der Waals surface area contributed by atoms with Gasteiger partial charge in [-0.2, -0.15) is 0 Å². The van der Waals surface area contributed by atoms with Crippen molar-refractivity contribution in [3.8, 4) is 17.1 Å². The quantitative estimate of drug-likeness (QED) is 0.674. The highest BCUT2D eigenvalue weighted by Gasteiger charge is 2.14. The van der Waals surface area contributed by atoms with Gasteiger partial charge >= 0.3 is 0 Å². The molecule has 6 nitrogen and oxygen atoms in total. The van der Waals surface area contributed by atoms with E-state index in [0.717, 1.165) is 11.3 Å². The summed E-state index contributed by atoms with van der Waals surface area (Å²) in [6.45, 7) is 3.99. The van der Waals surface area contributed by atoms with Crippen LogP contribution in [0.4, 0.5) is 5.69 Å². The molecule has 0 saturated heterocycles. The molecule has 26 heavy (non-hydrogen) atoms. The first-order chi connectivity index (χ1) is 12.6. The molecule has 0 fully saturated rings. The second-order valence-electron chi connectivity index (χ2n) is 5.62. The molecule has 0 aliphatic rings. The largest absolute Gasteiger partial charge is 0.494 e. The first-order valence-corrected chi connectivity index (χ1v) is 8.19. The maximum Gasteiger partial charge on any atom is 0.277 e. The summed E-state index contributed by atoms with van der Waals surface area (Å²) >= 11 is 0. The van der Waals surface area contributed by atoms with E-state index in [-0.39, 0.29) is 11.5 Å². The number of nitrogens with one attached hydrogen (secondary N) is 1. The average Bonchev–Trinajstić information content (AvgIpc) is 3.13. The first kappa shape index (κ1) is 17.4. The minimum Gasteiger partial charge on any atom is -0.494 e. The highest BCUT2D eigenvalue weighted by Crippen LogP contribution is 2.23. The number of carbonyl (C=O) groups is 2. The molecular formula is C20H18N2O4. The molecule has 0 atom stereocenters. The fourth-order valence-corrected chi connectivity index (χ4v) is 2.41. The van der Waals surface area contributed by atoms with Gasteiger partial charge in [-0.25, -0.2) is 0 Å². The predicted octanol–water partition coefficient (Wildman–Crippen LogP) is 4.20. The molecule has 0 radical (unpaired) electrons. The Labute approximate surface area is 150 Å². The lowest BCUT2D eigenvalue weighted by atomic mass is 10.1. The monoisotopic (exact) mass is 350 g/mol. The van der Waals surface area contributed by atoms with E-state index in [0.29, 0.717) is 23.6 Å². The third-order valence-electron chi connectivity index (χ3n) is 3.72. The summed E-state index contributed by atoms with van der Waals surface area (Å²) in [5, 5.41) is 6.53. The molecule has 0 saturated carbocycles. The van der Waals surface area contributed by atoms with Crippen LogP contribution in [0.3, 0.4) is 0 Å². The van der Waals surface area contributed by atoms with Gasteiger partial charge in [0.15, 0.2) is 17.2 Å². The molecule has 0 aliphatic carbocycles. The van der Waals surface area contributed by atoms with E-state index in [2.05, 4.69) is 10.5 Å². The number of benzene rings is 2. The number of anilines is 1. The Morgan fingerprint density at radius 2 is 1.88 bits per heavy atom. The number of amides is 1. The number of nitrogens with zero attached hydrogens (tertiary/aromatic N) is 1. The molecule has 6 heteroatoms. The van der Waals surface area contributed by atoms with Crippen LogP contribution in [0.15, 0.2) is 59.1 Å². The topological polar surface area (TPSA) is 81.4 Å². The Morgan fingerprint density at radius 3 is 2.58 bits per heavy atom. The highest BCUT2D eigenvalue weighted by molar-refractivity contribution is 6.04. The third-order valence-corrected chi connectivity index (χ3v) is 3.72. The standard InChI is InChI=1S/C20H18N2O4/c1-3-25-17-9-7-14(8-10-17)19-12-18(22-26-19)20(24)21-16-6-4-5-15(11-16)13(2)23/h4-12H,3H2,1-2H3,(H,21,24). The van der Waals surface area contributed by atoms with E-state index in [4.69, 9.17) is 9.26 Å². The van der Waals surface area contributed by atoms with Gasteiger partial charge in [-0.3, -0.25) is 9.59 Å². The molecule has 2 aromatic carbocycles. The van der Waals surface area contributed by atoms with E-state index < -0.39 is 5.91 Å². The number of ether oxygens (including phenoxy) is 1. The molecule has 1 N–H and O–H groups in total. The van der Waals surface area contributed by atoms with Crippen LogP contribution in [-0.4, -0.2) is 23.5 Å². The van der Waals surface area contributed by atoms with Crippen molar-refractivity contribution in [3.05, 3.63) is 65.9 Å². The fraction of sp³-hybridized carbons (Fsp3) is 0.150. The SMILES string of the molecule is CCOc1ccc(-c2cc(C(=O)Nc3cccc(C(C)=O)c3)no2)cc1. The Balaban J connectivity index is 1.73. The van der Waals surface area contributed by atoms with Gasteiger partial charge < -0.3 is 14.6 Å². The summed E-state index contributed by atoms with van der Waals surface area (Å²) in [7, 11) is 0. The molecule has 3 aromatic rings. The van der Waals surface area contributed by atoms with Crippen molar-refractivity contribution >= 4 is 17.4 Å². The van der Waals surface area contributed by atoms with Crippen molar-refractivity contribution in [2.45, 2.75) is 13.8 Å². The second kappa shape index (κ2) is 7.65. The van der Waals surface area contributed by atoms with Crippen molar-refractivity contribution in [2.75, 3.05) is 11.9 Å². The minimum atomic E-state index is -0.411. The molecule has 1 heterocycles. The molecule has 0 aliphatic heterocycles. The average molecular weight is 350 g/mol. The Hall–Kier alpha value is -3.41. The number of rotatable bonds is 6. The van der Waals surface area contributed by atoms with Crippen LogP contribution in [0.1, 0.15) is 34.7 Å². The van der Waals surface area contributed by atoms with Gasteiger partial charge in [0.05, 0.1) is 6.61 Å². The molecule has 1 aromatic heterocycles. The van der Waals surface area contributed by atoms with Crippen molar-refractivity contribution in [3.63, 3.8) is 0 Å². The van der Waals surface area contributed by atoms with E-state index >= 15 is 0 Å². The van der Waals surface area contributed by atoms with Gasteiger partial charge in [0.1, 0.15) is 5.75 Å². The van der Waals surface area contributed by atoms with Crippen LogP contribution >= 0.6 is 0 Å². The number of hydrogen-bond donors (Lipinski definition) is 1. The Bertz CT molecular complexity index is 929. The van der Waals surface area contributed by atoms with Gasteiger partial charge in [0.25, 0.3) is 5.91 Å². The number of Topliss-reactive ketones (excluding diaryl/α,β-unsaturated/α-hetero) is 1. The second-order valence-corrected chi connectivity index (χ2v) is 5.62. The van der Waals surface area contributed by atoms with Crippen LogP contribution in [0.2, 0.25) is 0 Å². The van der Waals surface area contributed by atoms with Crippen LogP contribution in [0.5, 0.6) is 5.75 Å². The molecule has 3 rings (SSSR count). The van der Waals surface area contributed by atoms with Gasteiger partial charge in [-0.05, 0) is 50.2 Å². The lowest BCUT2D eigenvalue weighted by molar-refractivity contribution is 0.100. The van der Waals surface area contributed by atoms with Gasteiger partial charge in [-0.1, -0.05) is 17.3 Å². The molecule has 0 bridgehead atoms. The summed E-state index contributed by atoms with van der Waals surface area (Å²) in [5.41, 5.74) is 1.99. The number of carbonyl (C=O) groups excluding carboxylic acids is 2. The van der Waals surface area contributed by atoms with Crippen LogP contribution in [-0.2, 0) is 0 Å². The van der Waals surface area contributed by atoms with Gasteiger partial charge in [0.2, 0.25) is 0 Å². The fourth-order valence-electron chi connectivity index (χ4n) is 2.41. The van der Waals surface area contributed by atoms with E-state index in [9.17, 15) is 9.59 Å². The third kappa shape index (κ3) is 3.97. The van der Waals surface area contributed by atoms with Crippen molar-refractivity contribution in [1.29, 1.82) is 0 Å². The summed E-state index contributed by atoms with van der Waals surface area (Å²) in [6, 6.07) is 15.6. The zero-order valence-corrected chi connectivity index (χ0v) is 14.5. The highest BCUT2D eigenvalue weighted by atomic mass is 16.5. The van der Waals surface area contributed by atoms with Crippen molar-refractivity contribution in [1.82, 2.24) is 5.16 Å². The molecule has 0 spiro atoms. The van der Waals surface area contributed by atoms with E-state index in [1.165, 1.54) is 6.92 Å². The normalized spacial score (nSPS) is 10.4. The van der Waals surface area contributed by atoms with Crippen LogP contribution < -0.4 is 10.1 Å². The summed E-state index contributed by atoms with van der Waals surface area (Å²) in [6.07, 6.45) is 0. The zero-order valence-electron chi connectivity index (χ0n) is 14.5. The van der Waals surface area contributed by atoms with Gasteiger partial charge in [0, 0.05) is 22.9 Å². The van der Waals surface area contributed by atoms with Crippen molar-refractivity contribution in [2.24, 2.45) is 0 Å². The smallest absolute Gasteiger partial charge is 0.277 e. The van der Waals surface area contributed by atoms with Gasteiger partial charge in [-0.15, -0.1) is 0 Å². The lowest BCUT2D eigenvalue weighted by Gasteiger charge is -2.04. The van der Waals surface area contributed by atoms with Crippen molar-refractivity contribution < 1.29 is 18.8 Å².